The zero-order valence-corrected chi connectivity index (χ0v) is 16.1. The molecule has 2 amide bonds. The first-order valence-corrected chi connectivity index (χ1v) is 10.0. The second kappa shape index (κ2) is 7.73. The maximum atomic E-state index is 12.5. The van der Waals surface area contributed by atoms with Gasteiger partial charge < -0.3 is 10.6 Å². The van der Waals surface area contributed by atoms with Gasteiger partial charge in [0.15, 0.2) is 0 Å². The van der Waals surface area contributed by atoms with Crippen LogP contribution in [0.2, 0.25) is 0 Å². The first-order valence-electron chi connectivity index (χ1n) is 10.0. The van der Waals surface area contributed by atoms with Crippen molar-refractivity contribution in [3.63, 3.8) is 0 Å². The molecular formula is C21H26N4O3. The number of aryl methyl sites for hydroxylation is 1. The summed E-state index contributed by atoms with van der Waals surface area (Å²) in [4.78, 5) is 41.0. The zero-order valence-electron chi connectivity index (χ0n) is 16.1. The summed E-state index contributed by atoms with van der Waals surface area (Å²) in [5.74, 6) is 0.957. The second-order valence-corrected chi connectivity index (χ2v) is 8.11. The molecule has 0 radical (unpaired) electrons. The molecule has 1 aliphatic carbocycles. The molecule has 2 heterocycles. The normalized spacial score (nSPS) is 27.1. The van der Waals surface area contributed by atoms with Gasteiger partial charge in [0.2, 0.25) is 11.8 Å². The lowest BCUT2D eigenvalue weighted by Gasteiger charge is -2.43. The van der Waals surface area contributed by atoms with Crippen molar-refractivity contribution < 1.29 is 9.59 Å². The molecule has 0 spiro atoms. The third kappa shape index (κ3) is 3.79. The SMILES string of the molecule is CC1CC(=O)NC2CC(NC(=O)CCn3cnc4ccccc4c3=O)CCC12. The Morgan fingerprint density at radius 2 is 2.11 bits per heavy atom. The van der Waals surface area contributed by atoms with Crippen LogP contribution in [-0.2, 0) is 16.1 Å². The number of para-hydroxylation sites is 1. The van der Waals surface area contributed by atoms with Crippen molar-refractivity contribution in [3.05, 3.63) is 40.9 Å². The van der Waals surface area contributed by atoms with E-state index in [9.17, 15) is 14.4 Å². The molecule has 4 rings (SSSR count). The highest BCUT2D eigenvalue weighted by molar-refractivity contribution is 5.78. The fourth-order valence-corrected chi connectivity index (χ4v) is 4.67. The van der Waals surface area contributed by atoms with E-state index >= 15 is 0 Å². The Balaban J connectivity index is 1.33. The monoisotopic (exact) mass is 382 g/mol. The number of carbonyl (C=O) groups excluding carboxylic acids is 2. The average Bonchev–Trinajstić information content (AvgIpc) is 2.67. The molecule has 4 unspecified atom stereocenters. The van der Waals surface area contributed by atoms with Gasteiger partial charge in [0.25, 0.3) is 5.56 Å². The molecule has 7 heteroatoms. The number of piperidine rings is 1. The summed E-state index contributed by atoms with van der Waals surface area (Å²) in [6, 6.07) is 7.43. The van der Waals surface area contributed by atoms with Crippen molar-refractivity contribution in [2.45, 2.75) is 57.7 Å². The van der Waals surface area contributed by atoms with E-state index in [0.717, 1.165) is 19.3 Å². The molecule has 28 heavy (non-hydrogen) atoms. The minimum absolute atomic E-state index is 0.0707. The number of benzene rings is 1. The van der Waals surface area contributed by atoms with Gasteiger partial charge in [-0.05, 0) is 43.2 Å². The molecule has 4 atom stereocenters. The molecule has 2 aromatic rings. The smallest absolute Gasteiger partial charge is 0.261 e. The fourth-order valence-electron chi connectivity index (χ4n) is 4.67. The first kappa shape index (κ1) is 18.7. The van der Waals surface area contributed by atoms with Gasteiger partial charge in [-0.1, -0.05) is 19.1 Å². The largest absolute Gasteiger partial charge is 0.353 e. The summed E-state index contributed by atoms with van der Waals surface area (Å²) >= 11 is 0. The van der Waals surface area contributed by atoms with Gasteiger partial charge in [-0.2, -0.15) is 0 Å². The molecule has 1 saturated carbocycles. The Labute approximate surface area is 163 Å². The molecule has 1 aliphatic heterocycles. The van der Waals surface area contributed by atoms with Crippen molar-refractivity contribution >= 4 is 22.7 Å². The topological polar surface area (TPSA) is 93.1 Å². The molecular weight excluding hydrogens is 356 g/mol. The molecule has 1 aromatic heterocycles. The minimum atomic E-state index is -0.127. The van der Waals surface area contributed by atoms with E-state index in [1.54, 1.807) is 12.1 Å². The molecule has 1 saturated heterocycles. The summed E-state index contributed by atoms with van der Waals surface area (Å²) in [5, 5.41) is 6.73. The highest BCUT2D eigenvalue weighted by Gasteiger charge is 2.38. The molecule has 2 aliphatic rings. The lowest BCUT2D eigenvalue weighted by atomic mass is 9.72. The fraction of sp³-hybridized carbons (Fsp3) is 0.524. The van der Waals surface area contributed by atoms with E-state index in [-0.39, 0.29) is 35.9 Å². The summed E-state index contributed by atoms with van der Waals surface area (Å²) in [6.07, 6.45) is 5.07. The van der Waals surface area contributed by atoms with E-state index in [2.05, 4.69) is 22.5 Å². The third-order valence-electron chi connectivity index (χ3n) is 6.16. The van der Waals surface area contributed by atoms with Gasteiger partial charge >= 0.3 is 0 Å². The lowest BCUT2D eigenvalue weighted by Crippen LogP contribution is -2.54. The highest BCUT2D eigenvalue weighted by atomic mass is 16.2. The number of hydrogen-bond donors (Lipinski definition) is 2. The Kier molecular flexibility index (Phi) is 5.15. The predicted octanol–water partition coefficient (Wildman–Crippen LogP) is 1.60. The summed E-state index contributed by atoms with van der Waals surface area (Å²) in [7, 11) is 0. The number of hydrogen-bond acceptors (Lipinski definition) is 4. The quantitative estimate of drug-likeness (QED) is 0.840. The van der Waals surface area contributed by atoms with Crippen molar-refractivity contribution in [1.29, 1.82) is 0 Å². The van der Waals surface area contributed by atoms with Crippen molar-refractivity contribution in [1.82, 2.24) is 20.2 Å². The van der Waals surface area contributed by atoms with E-state index in [4.69, 9.17) is 0 Å². The van der Waals surface area contributed by atoms with Gasteiger partial charge in [0.05, 0.1) is 17.2 Å². The van der Waals surface area contributed by atoms with Gasteiger partial charge in [-0.15, -0.1) is 0 Å². The van der Waals surface area contributed by atoms with Crippen LogP contribution in [0.5, 0.6) is 0 Å². The van der Waals surface area contributed by atoms with Crippen LogP contribution in [0.3, 0.4) is 0 Å². The van der Waals surface area contributed by atoms with E-state index in [0.29, 0.717) is 35.7 Å². The van der Waals surface area contributed by atoms with Crippen LogP contribution in [0, 0.1) is 11.8 Å². The third-order valence-corrected chi connectivity index (χ3v) is 6.16. The Hall–Kier alpha value is -2.70. The average molecular weight is 382 g/mol. The first-order chi connectivity index (χ1) is 13.5. The Bertz CT molecular complexity index is 954. The van der Waals surface area contributed by atoms with Gasteiger partial charge in [0.1, 0.15) is 0 Å². The predicted molar refractivity (Wildman–Crippen MR) is 106 cm³/mol. The van der Waals surface area contributed by atoms with Crippen molar-refractivity contribution in [3.8, 4) is 0 Å². The number of nitrogens with zero attached hydrogens (tertiary/aromatic N) is 2. The molecule has 1 aromatic carbocycles. The van der Waals surface area contributed by atoms with Crippen LogP contribution in [0.1, 0.15) is 39.0 Å². The van der Waals surface area contributed by atoms with Gasteiger partial charge in [0, 0.05) is 31.5 Å². The van der Waals surface area contributed by atoms with Crippen LogP contribution >= 0.6 is 0 Å². The van der Waals surface area contributed by atoms with Crippen LogP contribution in [0.4, 0.5) is 0 Å². The number of aromatic nitrogens is 2. The van der Waals surface area contributed by atoms with E-state index < -0.39 is 0 Å². The highest BCUT2D eigenvalue weighted by Crippen LogP contribution is 2.35. The second-order valence-electron chi connectivity index (χ2n) is 8.11. The molecule has 2 N–H and O–H groups in total. The van der Waals surface area contributed by atoms with Crippen LogP contribution < -0.4 is 16.2 Å². The number of fused-ring (bicyclic) bond motifs is 2. The van der Waals surface area contributed by atoms with Crippen LogP contribution in [0.15, 0.2) is 35.4 Å². The van der Waals surface area contributed by atoms with E-state index in [1.165, 1.54) is 10.9 Å². The molecule has 7 nitrogen and oxygen atoms in total. The summed E-state index contributed by atoms with van der Waals surface area (Å²) in [6.45, 7) is 2.44. The standard InChI is InChI=1S/C21H26N4O3/c1-13-10-20(27)24-18-11-14(6-7-15(13)18)23-19(26)8-9-25-12-22-17-5-3-2-4-16(17)21(25)28/h2-5,12-15,18H,6-11H2,1H3,(H,23,26)(H,24,27). The molecule has 148 valence electrons. The van der Waals surface area contributed by atoms with Crippen LogP contribution in [-0.4, -0.2) is 33.4 Å². The number of rotatable bonds is 4. The maximum Gasteiger partial charge on any atom is 0.261 e. The number of nitrogens with one attached hydrogen (secondary N) is 2. The zero-order chi connectivity index (χ0) is 19.7. The van der Waals surface area contributed by atoms with Gasteiger partial charge in [-0.25, -0.2) is 4.98 Å². The minimum Gasteiger partial charge on any atom is -0.353 e. The van der Waals surface area contributed by atoms with Crippen LogP contribution in [0.25, 0.3) is 10.9 Å². The maximum absolute atomic E-state index is 12.5. The molecule has 0 bridgehead atoms. The Morgan fingerprint density at radius 3 is 2.96 bits per heavy atom. The Morgan fingerprint density at radius 1 is 1.29 bits per heavy atom. The summed E-state index contributed by atoms with van der Waals surface area (Å²) < 4.78 is 1.49. The lowest BCUT2D eigenvalue weighted by molar-refractivity contribution is -0.127. The molecule has 2 fully saturated rings. The van der Waals surface area contributed by atoms with Crippen molar-refractivity contribution in [2.75, 3.05) is 0 Å². The van der Waals surface area contributed by atoms with Gasteiger partial charge in [-0.3, -0.25) is 19.0 Å². The van der Waals surface area contributed by atoms with Crippen molar-refractivity contribution in [2.24, 2.45) is 11.8 Å². The summed E-state index contributed by atoms with van der Waals surface area (Å²) in [5.41, 5.74) is 0.534. The number of carbonyl (C=O) groups is 2. The number of amides is 2. The van der Waals surface area contributed by atoms with E-state index in [1.807, 2.05) is 12.1 Å².